The summed E-state index contributed by atoms with van der Waals surface area (Å²) in [5.41, 5.74) is 9.33. The van der Waals surface area contributed by atoms with Gasteiger partial charge in [-0.1, -0.05) is 119 Å². The molecule has 15 heteroatoms. The van der Waals surface area contributed by atoms with Gasteiger partial charge in [-0.2, -0.15) is 10.5 Å². The molecule has 0 aliphatic heterocycles. The molecule has 0 aliphatic rings. The third kappa shape index (κ3) is 11.9. The number of nitrogen functional groups attached to an aromatic ring is 1. The SMILES string of the molecule is N#Cc1c(Cl)ncnc1Cl.N#Cc1c(Cl)ncnc1Nc1ccc(OCc2ccccc2)c(Cl)c1.Nc1ccc(OCc2ccccc2)c(Cl)c1. The lowest BCUT2D eigenvalue weighted by atomic mass is 10.2. The summed E-state index contributed by atoms with van der Waals surface area (Å²) in [4.78, 5) is 14.9. The minimum Gasteiger partial charge on any atom is -0.487 e. The van der Waals surface area contributed by atoms with Gasteiger partial charge in [0.1, 0.15) is 60.6 Å². The topological polar surface area (TPSA) is 156 Å². The number of anilines is 3. The Kier molecular flexibility index (Phi) is 14.9. The summed E-state index contributed by atoms with van der Waals surface area (Å²) in [6, 6.07) is 33.9. The van der Waals surface area contributed by atoms with E-state index in [2.05, 4.69) is 25.3 Å². The van der Waals surface area contributed by atoms with E-state index in [1.54, 1.807) is 42.5 Å². The van der Waals surface area contributed by atoms with Gasteiger partial charge < -0.3 is 20.5 Å². The summed E-state index contributed by atoms with van der Waals surface area (Å²) < 4.78 is 11.3. The predicted octanol–water partition coefficient (Wildman–Crippen LogP) is 10.1. The Bertz CT molecular complexity index is 2130. The molecule has 256 valence electrons. The maximum atomic E-state index is 9.15. The van der Waals surface area contributed by atoms with Crippen LogP contribution in [0.25, 0.3) is 0 Å². The number of benzene rings is 4. The van der Waals surface area contributed by atoms with Crippen LogP contribution in [0.15, 0.2) is 110 Å². The van der Waals surface area contributed by atoms with Crippen LogP contribution in [0.4, 0.5) is 17.2 Å². The molecule has 0 fully saturated rings. The fourth-order valence-electron chi connectivity index (χ4n) is 3.93. The van der Waals surface area contributed by atoms with Crippen LogP contribution in [-0.4, -0.2) is 19.9 Å². The van der Waals surface area contributed by atoms with Crippen LogP contribution in [0.5, 0.6) is 11.5 Å². The maximum absolute atomic E-state index is 9.15. The summed E-state index contributed by atoms with van der Waals surface area (Å²) in [5.74, 6) is 1.54. The molecule has 4 aromatic carbocycles. The molecular formula is C36H25Cl5N8O2. The van der Waals surface area contributed by atoms with Crippen LogP contribution in [-0.2, 0) is 13.2 Å². The van der Waals surface area contributed by atoms with E-state index in [1.165, 1.54) is 12.7 Å². The van der Waals surface area contributed by atoms with Gasteiger partial charge in [-0.3, -0.25) is 0 Å². The van der Waals surface area contributed by atoms with Gasteiger partial charge in [0.15, 0.2) is 21.3 Å². The standard InChI is InChI=1S/C18H12Cl2N4O.C13H12ClNO.C5HCl2N3/c19-15-8-13(24-18-14(9-21)17(20)22-11-23-18)6-7-16(15)25-10-12-4-2-1-3-5-12;14-12-8-11(15)6-7-13(12)16-9-10-4-2-1-3-5-10;6-4-3(1-8)5(7)10-2-9-4/h1-8,11H,10H2,(H,22,23,24);1-8H,9,15H2;2H. The summed E-state index contributed by atoms with van der Waals surface area (Å²) >= 11 is 29.1. The molecule has 2 heterocycles. The van der Waals surface area contributed by atoms with Crippen LogP contribution in [0.1, 0.15) is 22.3 Å². The summed E-state index contributed by atoms with van der Waals surface area (Å²) in [5, 5.41) is 21.8. The van der Waals surface area contributed by atoms with Crippen molar-refractivity contribution in [2.24, 2.45) is 0 Å². The molecule has 6 rings (SSSR count). The minimum absolute atomic E-state index is 0.0856. The average molecular weight is 779 g/mol. The number of halogens is 5. The second-order valence-electron chi connectivity index (χ2n) is 9.95. The molecule has 2 aromatic heterocycles. The van der Waals surface area contributed by atoms with E-state index < -0.39 is 0 Å². The number of aromatic nitrogens is 4. The Labute approximate surface area is 318 Å². The van der Waals surface area contributed by atoms with Crippen molar-refractivity contribution in [1.29, 1.82) is 10.5 Å². The second kappa shape index (κ2) is 19.8. The van der Waals surface area contributed by atoms with E-state index in [9.17, 15) is 0 Å². The third-order valence-corrected chi connectivity index (χ3v) is 7.85. The van der Waals surface area contributed by atoms with Gasteiger partial charge in [0.25, 0.3) is 0 Å². The molecular weight excluding hydrogens is 754 g/mol. The van der Waals surface area contributed by atoms with Crippen LogP contribution in [0, 0.1) is 22.7 Å². The third-order valence-electron chi connectivity index (χ3n) is 6.40. The van der Waals surface area contributed by atoms with Crippen molar-refractivity contribution < 1.29 is 9.47 Å². The van der Waals surface area contributed by atoms with Gasteiger partial charge in [0.05, 0.1) is 10.0 Å². The molecule has 0 saturated heterocycles. The Morgan fingerprint density at radius 2 is 1.06 bits per heavy atom. The Hall–Kier alpha value is -5.33. The van der Waals surface area contributed by atoms with Crippen LogP contribution in [0.2, 0.25) is 25.5 Å². The highest BCUT2D eigenvalue weighted by atomic mass is 35.5. The Morgan fingerprint density at radius 1 is 0.588 bits per heavy atom. The molecule has 6 aromatic rings. The minimum atomic E-state index is 0.0856. The van der Waals surface area contributed by atoms with Crippen molar-refractivity contribution in [2.75, 3.05) is 11.1 Å². The molecule has 3 N–H and O–H groups in total. The highest BCUT2D eigenvalue weighted by Crippen LogP contribution is 2.31. The number of ether oxygens (including phenoxy) is 2. The van der Waals surface area contributed by atoms with Gasteiger partial charge in [-0.25, -0.2) is 19.9 Å². The van der Waals surface area contributed by atoms with Crippen LogP contribution < -0.4 is 20.5 Å². The number of nitrogens with two attached hydrogens (primary N) is 1. The lowest BCUT2D eigenvalue weighted by molar-refractivity contribution is 0.306. The number of nitrogens with one attached hydrogen (secondary N) is 1. The number of nitriles is 2. The van der Waals surface area contributed by atoms with Crippen LogP contribution >= 0.6 is 58.0 Å². The zero-order valence-corrected chi connectivity index (χ0v) is 30.1. The van der Waals surface area contributed by atoms with Crippen molar-refractivity contribution in [1.82, 2.24) is 19.9 Å². The number of nitrogens with zero attached hydrogens (tertiary/aromatic N) is 6. The lowest BCUT2D eigenvalue weighted by Gasteiger charge is -2.11. The number of hydrogen-bond acceptors (Lipinski definition) is 10. The monoisotopic (exact) mass is 776 g/mol. The summed E-state index contributed by atoms with van der Waals surface area (Å²) in [6.45, 7) is 0.928. The molecule has 0 atom stereocenters. The van der Waals surface area contributed by atoms with E-state index in [4.69, 9.17) is 83.7 Å². The quantitative estimate of drug-likeness (QED) is 0.113. The first-order chi connectivity index (χ1) is 24.7. The van der Waals surface area contributed by atoms with Gasteiger partial charge in [0, 0.05) is 11.4 Å². The van der Waals surface area contributed by atoms with E-state index in [0.717, 1.165) is 11.1 Å². The van der Waals surface area contributed by atoms with E-state index in [1.807, 2.05) is 66.7 Å². The van der Waals surface area contributed by atoms with Crippen LogP contribution in [0.3, 0.4) is 0 Å². The van der Waals surface area contributed by atoms with Crippen molar-refractivity contribution >= 4 is 75.2 Å². The van der Waals surface area contributed by atoms with Crippen molar-refractivity contribution in [2.45, 2.75) is 13.2 Å². The molecule has 0 spiro atoms. The molecule has 0 bridgehead atoms. The number of rotatable bonds is 8. The summed E-state index contributed by atoms with van der Waals surface area (Å²) in [7, 11) is 0. The molecule has 0 amide bonds. The predicted molar refractivity (Wildman–Crippen MR) is 201 cm³/mol. The average Bonchev–Trinajstić information content (AvgIpc) is 3.13. The first kappa shape index (κ1) is 38.5. The summed E-state index contributed by atoms with van der Waals surface area (Å²) in [6.07, 6.45) is 2.48. The van der Waals surface area contributed by atoms with Crippen molar-refractivity contribution in [3.05, 3.63) is 157 Å². The fraction of sp³-hybridized carbons (Fsp3) is 0.0556. The van der Waals surface area contributed by atoms with E-state index in [-0.39, 0.29) is 26.6 Å². The van der Waals surface area contributed by atoms with Gasteiger partial charge in [0.2, 0.25) is 0 Å². The normalized spacial score (nSPS) is 9.86. The molecule has 0 radical (unpaired) electrons. The maximum Gasteiger partial charge on any atom is 0.153 e. The first-order valence-corrected chi connectivity index (χ1v) is 16.5. The molecule has 51 heavy (non-hydrogen) atoms. The lowest BCUT2D eigenvalue weighted by Crippen LogP contribution is -2.00. The largest absolute Gasteiger partial charge is 0.487 e. The van der Waals surface area contributed by atoms with Gasteiger partial charge in [-0.05, 0) is 47.5 Å². The van der Waals surface area contributed by atoms with E-state index in [0.29, 0.717) is 52.0 Å². The Balaban J connectivity index is 0.000000191. The highest BCUT2D eigenvalue weighted by Gasteiger charge is 2.11. The Morgan fingerprint density at radius 3 is 1.53 bits per heavy atom. The van der Waals surface area contributed by atoms with E-state index >= 15 is 0 Å². The molecule has 0 saturated carbocycles. The molecule has 0 aliphatic carbocycles. The van der Waals surface area contributed by atoms with Gasteiger partial charge in [-0.15, -0.1) is 0 Å². The molecule has 10 nitrogen and oxygen atoms in total. The zero-order valence-electron chi connectivity index (χ0n) is 26.3. The van der Waals surface area contributed by atoms with Crippen molar-refractivity contribution in [3.63, 3.8) is 0 Å². The number of hydrogen-bond donors (Lipinski definition) is 2. The fourth-order valence-corrected chi connectivity index (χ4v) is 4.99. The highest BCUT2D eigenvalue weighted by molar-refractivity contribution is 6.35. The molecule has 0 unspecified atom stereocenters. The smallest absolute Gasteiger partial charge is 0.153 e. The second-order valence-corrected chi connectivity index (χ2v) is 11.8. The zero-order chi connectivity index (χ0) is 36.6. The first-order valence-electron chi connectivity index (χ1n) is 14.6. The van der Waals surface area contributed by atoms with Gasteiger partial charge >= 0.3 is 0 Å². The van der Waals surface area contributed by atoms with Crippen molar-refractivity contribution in [3.8, 4) is 23.6 Å².